The Morgan fingerprint density at radius 1 is 0.576 bits per heavy atom. The van der Waals surface area contributed by atoms with E-state index < -0.39 is 59.8 Å². The summed E-state index contributed by atoms with van der Waals surface area (Å²) >= 11 is 0. The van der Waals surface area contributed by atoms with Crippen molar-refractivity contribution in [1.29, 1.82) is 0 Å². The van der Waals surface area contributed by atoms with Gasteiger partial charge in [0.1, 0.15) is 30.5 Å². The Hall–Kier alpha value is -3.50. The molecule has 0 amide bonds. The van der Waals surface area contributed by atoms with Crippen molar-refractivity contribution in [2.75, 3.05) is 26.4 Å². The Morgan fingerprint density at radius 2 is 1.00 bits per heavy atom. The number of ether oxygens (including phenoxy) is 4. The summed E-state index contributed by atoms with van der Waals surface area (Å²) in [5.41, 5.74) is 0. The van der Waals surface area contributed by atoms with Crippen LogP contribution in [0.2, 0.25) is 0 Å². The number of hydrogen-bond acceptors (Lipinski definition) is 11. The molecule has 0 saturated carbocycles. The fourth-order valence-electron chi connectivity index (χ4n) is 6.50. The van der Waals surface area contributed by atoms with E-state index in [1.807, 2.05) is 6.08 Å². The van der Waals surface area contributed by atoms with Gasteiger partial charge in [-0.1, -0.05) is 161 Å². The molecule has 6 atom stereocenters. The van der Waals surface area contributed by atoms with Crippen molar-refractivity contribution in [1.82, 2.24) is 0 Å². The fourth-order valence-corrected chi connectivity index (χ4v) is 7.01. The first-order valence-electron chi connectivity index (χ1n) is 24.3. The molecule has 1 heterocycles. The summed E-state index contributed by atoms with van der Waals surface area (Å²) in [6.45, 7) is 3.63. The highest BCUT2D eigenvalue weighted by Gasteiger charge is 2.48. The Kier molecular flexibility index (Phi) is 39.3. The Labute approximate surface area is 398 Å². The molecule has 12 nitrogen and oxygen atoms in total. The van der Waals surface area contributed by atoms with Gasteiger partial charge in [-0.25, -0.2) is 4.18 Å². The number of esters is 1. The van der Waals surface area contributed by atoms with Crippen LogP contribution in [-0.4, -0.2) is 97.5 Å². The van der Waals surface area contributed by atoms with Crippen molar-refractivity contribution in [3.63, 3.8) is 0 Å². The fraction of sp³-hybridized carbons (Fsp3) is 0.604. The number of carbonyl (C=O) groups is 1. The second kappa shape index (κ2) is 42.8. The SMILES string of the molecule is CC/C=C\C/C=C\C/C=C\C/C=C\C/C=C\C/C=C\C/C=C\CCCC(=O)OC(COCCCCCCCC/C=C\C/C=C\C/C=C\CC)COC1OC(CO)C(O)C(OS(=O)(=O)O)C1O. The molecule has 374 valence electrons. The Balaban J connectivity index is 2.46. The molecule has 1 saturated heterocycles. The number of allylic oxidation sites excluding steroid dienone is 20. The van der Waals surface area contributed by atoms with Crippen LogP contribution in [0.3, 0.4) is 0 Å². The quantitative estimate of drug-likeness (QED) is 0.0198. The van der Waals surface area contributed by atoms with Crippen LogP contribution in [0.25, 0.3) is 0 Å². The molecule has 0 aliphatic carbocycles. The van der Waals surface area contributed by atoms with E-state index >= 15 is 0 Å². The van der Waals surface area contributed by atoms with Gasteiger partial charge in [0.25, 0.3) is 0 Å². The van der Waals surface area contributed by atoms with Gasteiger partial charge in [-0.2, -0.15) is 8.42 Å². The number of aliphatic hydroxyl groups excluding tert-OH is 3. The predicted molar refractivity (Wildman–Crippen MR) is 266 cm³/mol. The second-order valence-electron chi connectivity index (χ2n) is 15.9. The zero-order valence-corrected chi connectivity index (χ0v) is 40.8. The van der Waals surface area contributed by atoms with E-state index in [1.54, 1.807) is 0 Å². The maximum absolute atomic E-state index is 12.9. The van der Waals surface area contributed by atoms with Gasteiger partial charge >= 0.3 is 16.4 Å². The first-order chi connectivity index (χ1) is 32.1. The monoisotopic (exact) mass is 945 g/mol. The normalized spacial score (nSPS) is 20.6. The third-order valence-corrected chi connectivity index (χ3v) is 10.5. The van der Waals surface area contributed by atoms with Crippen LogP contribution in [0.1, 0.15) is 142 Å². The molecule has 66 heavy (non-hydrogen) atoms. The lowest BCUT2D eigenvalue weighted by Gasteiger charge is -2.41. The minimum Gasteiger partial charge on any atom is -0.457 e. The maximum Gasteiger partial charge on any atom is 0.397 e. The molecule has 1 aliphatic heterocycles. The van der Waals surface area contributed by atoms with Crippen LogP contribution in [0.5, 0.6) is 0 Å². The number of unbranched alkanes of at least 4 members (excludes halogenated alkanes) is 7. The number of aliphatic hydroxyl groups is 3. The number of hydrogen-bond donors (Lipinski definition) is 4. The lowest BCUT2D eigenvalue weighted by Crippen LogP contribution is -2.60. The summed E-state index contributed by atoms with van der Waals surface area (Å²) in [6, 6.07) is 0. The van der Waals surface area contributed by atoms with Crippen LogP contribution in [0.4, 0.5) is 0 Å². The van der Waals surface area contributed by atoms with E-state index in [0.717, 1.165) is 109 Å². The molecule has 6 unspecified atom stereocenters. The second-order valence-corrected chi connectivity index (χ2v) is 17.0. The van der Waals surface area contributed by atoms with E-state index in [2.05, 4.69) is 133 Å². The van der Waals surface area contributed by atoms with E-state index in [0.29, 0.717) is 19.4 Å². The molecule has 4 N–H and O–H groups in total. The predicted octanol–water partition coefficient (Wildman–Crippen LogP) is 11.0. The molecule has 1 rings (SSSR count). The van der Waals surface area contributed by atoms with E-state index in [4.69, 9.17) is 18.9 Å². The van der Waals surface area contributed by atoms with Crippen molar-refractivity contribution >= 4 is 16.4 Å². The van der Waals surface area contributed by atoms with Gasteiger partial charge in [0.15, 0.2) is 6.29 Å². The lowest BCUT2D eigenvalue weighted by atomic mass is 9.99. The van der Waals surface area contributed by atoms with Crippen molar-refractivity contribution in [3.8, 4) is 0 Å². The van der Waals surface area contributed by atoms with E-state index in [1.165, 1.54) is 0 Å². The summed E-state index contributed by atoms with van der Waals surface area (Å²) in [4.78, 5) is 12.9. The maximum atomic E-state index is 12.9. The average molecular weight is 945 g/mol. The molecule has 0 radical (unpaired) electrons. The highest BCUT2D eigenvalue weighted by Crippen LogP contribution is 2.26. The summed E-state index contributed by atoms with van der Waals surface area (Å²) < 4.78 is 59.1. The van der Waals surface area contributed by atoms with Crippen molar-refractivity contribution in [2.45, 2.75) is 179 Å². The summed E-state index contributed by atoms with van der Waals surface area (Å²) in [5, 5.41) is 30.7. The summed E-state index contributed by atoms with van der Waals surface area (Å²) in [5.74, 6) is -0.468. The zero-order valence-electron chi connectivity index (χ0n) is 39.9. The molecule has 0 aromatic rings. The number of carbonyl (C=O) groups excluding carboxylic acids is 1. The Morgan fingerprint density at radius 3 is 1.45 bits per heavy atom. The molecule has 1 fully saturated rings. The zero-order chi connectivity index (χ0) is 48.2. The molecule has 0 bridgehead atoms. The molecule has 0 spiro atoms. The average Bonchev–Trinajstić information content (AvgIpc) is 3.29. The van der Waals surface area contributed by atoms with Crippen LogP contribution < -0.4 is 0 Å². The first-order valence-corrected chi connectivity index (χ1v) is 25.7. The summed E-state index contributed by atoms with van der Waals surface area (Å²) in [6.07, 6.45) is 52.3. The molecule has 0 aromatic carbocycles. The topological polar surface area (TPSA) is 178 Å². The van der Waals surface area contributed by atoms with Crippen LogP contribution in [0, 0.1) is 0 Å². The van der Waals surface area contributed by atoms with Gasteiger partial charge in [-0.3, -0.25) is 9.35 Å². The first kappa shape index (κ1) is 60.5. The van der Waals surface area contributed by atoms with Gasteiger partial charge in [0, 0.05) is 13.0 Å². The molecular weight excluding hydrogens is 861 g/mol. The van der Waals surface area contributed by atoms with Crippen LogP contribution in [-0.2, 0) is 38.3 Å². The van der Waals surface area contributed by atoms with Crippen LogP contribution in [0.15, 0.2) is 122 Å². The highest BCUT2D eigenvalue weighted by atomic mass is 32.3. The van der Waals surface area contributed by atoms with Gasteiger partial charge in [-0.05, 0) is 96.3 Å². The van der Waals surface area contributed by atoms with Crippen molar-refractivity contribution < 1.29 is 56.2 Å². The third-order valence-electron chi connectivity index (χ3n) is 10.1. The van der Waals surface area contributed by atoms with Crippen LogP contribution >= 0.6 is 0 Å². The third kappa shape index (κ3) is 35.7. The van der Waals surface area contributed by atoms with Crippen molar-refractivity contribution in [3.05, 3.63) is 122 Å². The van der Waals surface area contributed by atoms with Gasteiger partial charge in [-0.15, -0.1) is 0 Å². The van der Waals surface area contributed by atoms with Gasteiger partial charge < -0.3 is 34.3 Å². The minimum atomic E-state index is -5.08. The molecular formula is C53H84O12S. The summed E-state index contributed by atoms with van der Waals surface area (Å²) in [7, 11) is -5.08. The molecule has 1 aliphatic rings. The largest absolute Gasteiger partial charge is 0.457 e. The van der Waals surface area contributed by atoms with Gasteiger partial charge in [0.2, 0.25) is 0 Å². The van der Waals surface area contributed by atoms with E-state index in [-0.39, 0.29) is 19.6 Å². The molecule has 13 heteroatoms. The lowest BCUT2D eigenvalue weighted by molar-refractivity contribution is -0.301. The highest BCUT2D eigenvalue weighted by molar-refractivity contribution is 7.80. The van der Waals surface area contributed by atoms with E-state index in [9.17, 15) is 33.1 Å². The van der Waals surface area contributed by atoms with Gasteiger partial charge in [0.05, 0.1) is 19.8 Å². The number of rotatable bonds is 40. The smallest absolute Gasteiger partial charge is 0.397 e. The minimum absolute atomic E-state index is 0.00558. The Bertz CT molecular complexity index is 1610. The standard InChI is InChI=1S/C53H84O12S/c1-3-5-7-9-11-13-15-17-19-21-22-23-24-25-26-27-28-30-32-34-36-38-40-42-49(55)63-47(46-62-53-51(57)52(65-66(58,59)60)50(56)48(44-54)64-53)45-61-43-41-39-37-35-33-31-29-20-18-16-14-12-10-8-6-4-2/h5-8,11-14,17-20,22-23,25-26,28,30,34,36,47-48,50-54,56-57H,3-4,9-10,15-16,21,24,27,29,31-33,35,37-46H2,1-2H3,(H,58,59,60)/b7-5-,8-6-,13-11-,14-12-,19-17-,20-18-,23-22-,26-25-,30-28-,36-34-. The molecule has 0 aromatic heterocycles. The van der Waals surface area contributed by atoms with Crippen molar-refractivity contribution in [2.24, 2.45) is 0 Å².